The topological polar surface area (TPSA) is 83.8 Å². The fourth-order valence-corrected chi connectivity index (χ4v) is 2.39. The summed E-state index contributed by atoms with van der Waals surface area (Å²) >= 11 is 0. The Bertz CT molecular complexity index is 674. The largest absolute Gasteiger partial charge is 0.341 e. The molecule has 2 bridgehead atoms. The maximum absolute atomic E-state index is 12.0. The summed E-state index contributed by atoms with van der Waals surface area (Å²) in [7, 11) is 0. The van der Waals surface area contributed by atoms with Crippen molar-refractivity contribution in [1.29, 1.82) is 0 Å². The molecule has 21 heavy (non-hydrogen) atoms. The highest BCUT2D eigenvalue weighted by molar-refractivity contribution is 5.95. The van der Waals surface area contributed by atoms with E-state index in [2.05, 4.69) is 15.3 Å². The lowest BCUT2D eigenvalue weighted by Gasteiger charge is -2.09. The van der Waals surface area contributed by atoms with Gasteiger partial charge in [0.05, 0.1) is 23.6 Å². The van der Waals surface area contributed by atoms with Crippen molar-refractivity contribution in [2.24, 2.45) is 5.73 Å². The second kappa shape index (κ2) is 5.93. The number of anilines is 1. The van der Waals surface area contributed by atoms with Gasteiger partial charge in [0, 0.05) is 12.0 Å². The maximum Gasteiger partial charge on any atom is 0.224 e. The van der Waals surface area contributed by atoms with Gasteiger partial charge < -0.3 is 16.0 Å². The van der Waals surface area contributed by atoms with Gasteiger partial charge in [-0.1, -0.05) is 30.4 Å². The lowest BCUT2D eigenvalue weighted by atomic mass is 10.1. The van der Waals surface area contributed by atoms with Crippen molar-refractivity contribution in [3.8, 4) is 11.3 Å². The molecule has 2 heterocycles. The summed E-state index contributed by atoms with van der Waals surface area (Å²) in [5, 5.41) is 2.96. The first-order chi connectivity index (χ1) is 10.2. The number of nitrogens with one attached hydrogen (secondary N) is 2. The summed E-state index contributed by atoms with van der Waals surface area (Å²) in [6.07, 6.45) is 7.64. The molecule has 2 aromatic rings. The first-order valence-electron chi connectivity index (χ1n) is 7.09. The summed E-state index contributed by atoms with van der Waals surface area (Å²) in [5.41, 5.74) is 8.69. The van der Waals surface area contributed by atoms with Crippen molar-refractivity contribution in [1.82, 2.24) is 9.97 Å². The molecule has 0 saturated heterocycles. The quantitative estimate of drug-likeness (QED) is 0.650. The van der Waals surface area contributed by atoms with Crippen molar-refractivity contribution in [2.45, 2.75) is 25.3 Å². The molecule has 1 atom stereocenters. The summed E-state index contributed by atoms with van der Waals surface area (Å²) < 4.78 is 0. The molecule has 1 aromatic carbocycles. The molecular weight excluding hydrogens is 264 g/mol. The molecule has 5 nitrogen and oxygen atoms in total. The Kier molecular flexibility index (Phi) is 3.83. The van der Waals surface area contributed by atoms with E-state index in [-0.39, 0.29) is 11.9 Å². The molecule has 1 aromatic heterocycles. The SMILES string of the molecule is N[C@H]1CC=CCCC(=O)Nc2ccccc2-c2cnc1[nH]2. The van der Waals surface area contributed by atoms with Crippen LogP contribution in [0.15, 0.2) is 42.6 Å². The molecule has 1 aliphatic heterocycles. The third kappa shape index (κ3) is 3.03. The summed E-state index contributed by atoms with van der Waals surface area (Å²) in [4.78, 5) is 19.6. The van der Waals surface area contributed by atoms with Crippen molar-refractivity contribution in [2.75, 3.05) is 5.32 Å². The Morgan fingerprint density at radius 1 is 1.24 bits per heavy atom. The lowest BCUT2D eigenvalue weighted by molar-refractivity contribution is -0.116. The molecular formula is C16H18N4O. The van der Waals surface area contributed by atoms with Crippen molar-refractivity contribution in [3.05, 3.63) is 48.4 Å². The molecule has 0 spiro atoms. The maximum atomic E-state index is 12.0. The summed E-state index contributed by atoms with van der Waals surface area (Å²) in [6.45, 7) is 0. The molecule has 1 aliphatic rings. The number of carbonyl (C=O) groups excluding carboxylic acids is 1. The van der Waals surface area contributed by atoms with Crippen LogP contribution in [0, 0.1) is 0 Å². The molecule has 0 saturated carbocycles. The van der Waals surface area contributed by atoms with E-state index in [1.54, 1.807) is 6.20 Å². The average Bonchev–Trinajstić information content (AvgIpc) is 2.96. The fourth-order valence-electron chi connectivity index (χ4n) is 2.39. The number of fused-ring (bicyclic) bond motifs is 4. The van der Waals surface area contributed by atoms with Crippen molar-refractivity contribution < 1.29 is 4.79 Å². The van der Waals surface area contributed by atoms with Gasteiger partial charge in [-0.3, -0.25) is 4.79 Å². The zero-order valence-corrected chi connectivity index (χ0v) is 11.7. The second-order valence-corrected chi connectivity index (χ2v) is 5.13. The number of allylic oxidation sites excluding steroid dienone is 1. The first-order valence-corrected chi connectivity index (χ1v) is 7.09. The van der Waals surface area contributed by atoms with E-state index in [0.29, 0.717) is 19.3 Å². The molecule has 3 rings (SSSR count). The molecule has 5 heteroatoms. The predicted octanol–water partition coefficient (Wildman–Crippen LogP) is 2.76. The Labute approximate surface area is 123 Å². The number of benzene rings is 1. The average molecular weight is 282 g/mol. The number of carbonyl (C=O) groups is 1. The minimum absolute atomic E-state index is 0.00961. The summed E-state index contributed by atoms with van der Waals surface area (Å²) in [5.74, 6) is 0.769. The van der Waals surface area contributed by atoms with Crippen LogP contribution < -0.4 is 11.1 Å². The van der Waals surface area contributed by atoms with Crippen LogP contribution >= 0.6 is 0 Å². The van der Waals surface area contributed by atoms with E-state index in [1.807, 2.05) is 36.4 Å². The van der Waals surface area contributed by atoms with Crippen LogP contribution in [-0.2, 0) is 4.79 Å². The number of aromatic nitrogens is 2. The number of nitrogens with two attached hydrogens (primary N) is 1. The number of para-hydroxylation sites is 1. The molecule has 0 aliphatic carbocycles. The van der Waals surface area contributed by atoms with Gasteiger partial charge in [0.25, 0.3) is 0 Å². The van der Waals surface area contributed by atoms with Crippen LogP contribution in [0.5, 0.6) is 0 Å². The standard InChI is InChI=1S/C16H18N4O/c17-12-7-2-1-3-9-15(21)19-13-8-5-4-6-11(13)14-10-18-16(12)20-14/h1-2,4-6,8,10,12H,3,7,9,17H2,(H,18,20)(H,19,21)/t12-/m0/s1. The van der Waals surface area contributed by atoms with E-state index in [1.165, 1.54) is 0 Å². The van der Waals surface area contributed by atoms with Gasteiger partial charge in [0.15, 0.2) is 0 Å². The second-order valence-electron chi connectivity index (χ2n) is 5.13. The van der Waals surface area contributed by atoms with Gasteiger partial charge in [-0.15, -0.1) is 0 Å². The van der Waals surface area contributed by atoms with Crippen LogP contribution in [0.2, 0.25) is 0 Å². The number of hydrogen-bond acceptors (Lipinski definition) is 3. The predicted molar refractivity (Wildman–Crippen MR) is 82.6 cm³/mol. The van der Waals surface area contributed by atoms with Gasteiger partial charge in [-0.05, 0) is 18.9 Å². The minimum atomic E-state index is -0.161. The van der Waals surface area contributed by atoms with E-state index in [9.17, 15) is 4.79 Å². The van der Waals surface area contributed by atoms with Crippen LogP contribution in [0.3, 0.4) is 0 Å². The van der Waals surface area contributed by atoms with Crippen LogP contribution in [0.25, 0.3) is 11.3 Å². The lowest BCUT2D eigenvalue weighted by Crippen LogP contribution is -2.11. The monoisotopic (exact) mass is 282 g/mol. The van der Waals surface area contributed by atoms with Gasteiger partial charge >= 0.3 is 0 Å². The number of nitrogens with zero attached hydrogens (tertiary/aromatic N) is 1. The van der Waals surface area contributed by atoms with Crippen molar-refractivity contribution in [3.63, 3.8) is 0 Å². The van der Waals surface area contributed by atoms with Gasteiger partial charge in [-0.2, -0.15) is 0 Å². The molecule has 4 N–H and O–H groups in total. The number of H-pyrrole nitrogens is 1. The third-order valence-corrected chi connectivity index (χ3v) is 3.53. The highest BCUT2D eigenvalue weighted by Crippen LogP contribution is 2.28. The Morgan fingerprint density at radius 2 is 2.10 bits per heavy atom. The van der Waals surface area contributed by atoms with Crippen LogP contribution in [0.1, 0.15) is 31.1 Å². The normalized spacial score (nSPS) is 18.9. The number of hydrogen-bond donors (Lipinski definition) is 3. The van der Waals surface area contributed by atoms with Crippen LogP contribution in [-0.4, -0.2) is 15.9 Å². The van der Waals surface area contributed by atoms with Gasteiger partial charge in [-0.25, -0.2) is 4.98 Å². The number of imidazole rings is 1. The summed E-state index contributed by atoms with van der Waals surface area (Å²) in [6, 6.07) is 7.52. The van der Waals surface area contributed by atoms with Crippen molar-refractivity contribution >= 4 is 11.6 Å². The Balaban J connectivity index is 2.03. The van der Waals surface area contributed by atoms with Crippen LogP contribution in [0.4, 0.5) is 5.69 Å². The number of aromatic amines is 1. The molecule has 1 amide bonds. The molecule has 108 valence electrons. The third-order valence-electron chi connectivity index (χ3n) is 3.53. The fraction of sp³-hybridized carbons (Fsp3) is 0.250. The zero-order chi connectivity index (χ0) is 14.7. The number of rotatable bonds is 0. The highest BCUT2D eigenvalue weighted by Gasteiger charge is 2.13. The van der Waals surface area contributed by atoms with E-state index in [4.69, 9.17) is 5.73 Å². The van der Waals surface area contributed by atoms with E-state index < -0.39 is 0 Å². The van der Waals surface area contributed by atoms with Gasteiger partial charge in [0.2, 0.25) is 5.91 Å². The minimum Gasteiger partial charge on any atom is -0.341 e. The van der Waals surface area contributed by atoms with E-state index in [0.717, 1.165) is 22.8 Å². The Hall–Kier alpha value is -2.40. The highest BCUT2D eigenvalue weighted by atomic mass is 16.1. The van der Waals surface area contributed by atoms with E-state index >= 15 is 0 Å². The Morgan fingerprint density at radius 3 is 3.00 bits per heavy atom. The van der Waals surface area contributed by atoms with Gasteiger partial charge in [0.1, 0.15) is 5.82 Å². The number of amides is 1. The zero-order valence-electron chi connectivity index (χ0n) is 11.7. The smallest absolute Gasteiger partial charge is 0.224 e. The first kappa shape index (κ1) is 13.6. The molecule has 0 fully saturated rings. The molecule has 0 unspecified atom stereocenters. The molecule has 0 radical (unpaired) electrons.